The predicted octanol–water partition coefficient (Wildman–Crippen LogP) is 4.78. The Bertz CT molecular complexity index is 1040. The lowest BCUT2D eigenvalue weighted by Crippen LogP contribution is -2.44. The van der Waals surface area contributed by atoms with E-state index in [-0.39, 0.29) is 17.7 Å². The quantitative estimate of drug-likeness (QED) is 0.400. The summed E-state index contributed by atoms with van der Waals surface area (Å²) in [4.78, 5) is 2.46. The first-order valence-corrected chi connectivity index (χ1v) is 11.9. The van der Waals surface area contributed by atoms with Crippen molar-refractivity contribution < 1.29 is 13.5 Å². The topological polar surface area (TPSA) is 36.5 Å². The zero-order valence-electron chi connectivity index (χ0n) is 19.7. The summed E-state index contributed by atoms with van der Waals surface area (Å²) in [6.07, 6.45) is 1.61. The molecule has 0 aromatic heterocycles. The van der Waals surface area contributed by atoms with Gasteiger partial charge in [-0.1, -0.05) is 30.3 Å². The Hall–Kier alpha value is -2.80. The van der Waals surface area contributed by atoms with Crippen LogP contribution in [0.1, 0.15) is 22.3 Å². The molecule has 180 valence electrons. The van der Waals surface area contributed by atoms with E-state index in [2.05, 4.69) is 39.8 Å². The second kappa shape index (κ2) is 12.1. The Morgan fingerprint density at radius 3 is 2.38 bits per heavy atom. The van der Waals surface area contributed by atoms with Crippen molar-refractivity contribution in [1.29, 1.82) is 0 Å². The lowest BCUT2D eigenvalue weighted by Gasteiger charge is -2.37. The number of ether oxygens (including phenoxy) is 1. The van der Waals surface area contributed by atoms with Crippen LogP contribution in [0.15, 0.2) is 66.7 Å². The van der Waals surface area contributed by atoms with Crippen molar-refractivity contribution in [3.05, 3.63) is 101 Å². The van der Waals surface area contributed by atoms with Gasteiger partial charge in [0.25, 0.3) is 0 Å². The molecular formula is C28H33F2N3O. The zero-order valence-corrected chi connectivity index (χ0v) is 19.7. The highest BCUT2D eigenvalue weighted by atomic mass is 19.1. The fourth-order valence-electron chi connectivity index (χ4n) is 4.52. The van der Waals surface area contributed by atoms with Crippen molar-refractivity contribution in [3.8, 4) is 0 Å². The maximum atomic E-state index is 13.8. The number of halogens is 2. The van der Waals surface area contributed by atoms with Gasteiger partial charge in [-0.2, -0.15) is 0 Å². The molecule has 6 heteroatoms. The minimum atomic E-state index is -0.223. The number of fused-ring (bicyclic) bond motifs is 1. The van der Waals surface area contributed by atoms with Crippen LogP contribution in [0.4, 0.5) is 14.5 Å². The van der Waals surface area contributed by atoms with E-state index in [1.807, 2.05) is 18.2 Å². The first kappa shape index (κ1) is 24.3. The van der Waals surface area contributed by atoms with E-state index in [0.717, 1.165) is 62.4 Å². The van der Waals surface area contributed by atoms with Gasteiger partial charge in [0, 0.05) is 51.6 Å². The minimum absolute atomic E-state index is 0.186. The Labute approximate surface area is 200 Å². The molecule has 0 radical (unpaired) electrons. The first-order valence-electron chi connectivity index (χ1n) is 11.9. The van der Waals surface area contributed by atoms with Crippen molar-refractivity contribution in [1.82, 2.24) is 10.2 Å². The van der Waals surface area contributed by atoms with Crippen LogP contribution in [0, 0.1) is 11.6 Å². The number of hydrogen-bond donors (Lipinski definition) is 2. The molecule has 0 aliphatic carbocycles. The molecule has 3 aromatic carbocycles. The molecule has 0 amide bonds. The summed E-state index contributed by atoms with van der Waals surface area (Å²) < 4.78 is 32.2. The molecule has 2 N–H and O–H groups in total. The summed E-state index contributed by atoms with van der Waals surface area (Å²) >= 11 is 0. The second-order valence-corrected chi connectivity index (χ2v) is 8.87. The van der Waals surface area contributed by atoms with E-state index in [9.17, 15) is 8.78 Å². The molecule has 1 heterocycles. The van der Waals surface area contributed by atoms with E-state index in [1.54, 1.807) is 19.2 Å². The molecule has 1 atom stereocenters. The van der Waals surface area contributed by atoms with Crippen LogP contribution >= 0.6 is 0 Å². The van der Waals surface area contributed by atoms with Crippen molar-refractivity contribution in [2.45, 2.75) is 32.0 Å². The summed E-state index contributed by atoms with van der Waals surface area (Å²) in [7, 11) is 1.70. The van der Waals surface area contributed by atoms with Crippen molar-refractivity contribution in [2.24, 2.45) is 0 Å². The zero-order chi connectivity index (χ0) is 23.8. The first-order chi connectivity index (χ1) is 16.6. The maximum Gasteiger partial charge on any atom is 0.123 e. The van der Waals surface area contributed by atoms with Crippen LogP contribution in [0.25, 0.3) is 0 Å². The van der Waals surface area contributed by atoms with Crippen LogP contribution in [0.3, 0.4) is 0 Å². The van der Waals surface area contributed by atoms with Gasteiger partial charge in [-0.15, -0.1) is 0 Å². The third-order valence-corrected chi connectivity index (χ3v) is 6.39. The molecular weight excluding hydrogens is 432 g/mol. The van der Waals surface area contributed by atoms with Gasteiger partial charge in [0.2, 0.25) is 0 Å². The SMILES string of the molecule is COCCNc1ccc(CNCCN2Cc3ccc(F)cc3CC2Cc2ccc(F)cc2)cc1. The molecule has 4 nitrogen and oxygen atoms in total. The third kappa shape index (κ3) is 6.86. The predicted molar refractivity (Wildman–Crippen MR) is 133 cm³/mol. The van der Waals surface area contributed by atoms with Gasteiger partial charge in [0.05, 0.1) is 6.61 Å². The van der Waals surface area contributed by atoms with E-state index in [0.29, 0.717) is 6.61 Å². The average molecular weight is 466 g/mol. The number of nitrogens with one attached hydrogen (secondary N) is 2. The summed E-state index contributed by atoms with van der Waals surface area (Å²) in [5.74, 6) is -0.408. The Balaban J connectivity index is 1.32. The molecule has 3 aromatic rings. The highest BCUT2D eigenvalue weighted by Gasteiger charge is 2.26. The lowest BCUT2D eigenvalue weighted by atomic mass is 9.90. The maximum absolute atomic E-state index is 13.8. The number of nitrogens with zero attached hydrogens (tertiary/aromatic N) is 1. The Morgan fingerprint density at radius 1 is 0.882 bits per heavy atom. The Morgan fingerprint density at radius 2 is 1.62 bits per heavy atom. The minimum Gasteiger partial charge on any atom is -0.383 e. The van der Waals surface area contributed by atoms with E-state index in [4.69, 9.17) is 4.74 Å². The molecule has 0 fully saturated rings. The molecule has 1 aliphatic heterocycles. The van der Waals surface area contributed by atoms with Gasteiger partial charge >= 0.3 is 0 Å². The lowest BCUT2D eigenvalue weighted by molar-refractivity contribution is 0.170. The fraction of sp³-hybridized carbons (Fsp3) is 0.357. The molecule has 0 bridgehead atoms. The van der Waals surface area contributed by atoms with Crippen molar-refractivity contribution in [3.63, 3.8) is 0 Å². The van der Waals surface area contributed by atoms with E-state index < -0.39 is 0 Å². The Kier molecular flexibility index (Phi) is 8.63. The number of hydrogen-bond acceptors (Lipinski definition) is 4. The van der Waals surface area contributed by atoms with Crippen LogP contribution in [-0.4, -0.2) is 44.3 Å². The normalized spacial score (nSPS) is 15.8. The molecule has 1 aliphatic rings. The molecule has 4 rings (SSSR count). The fourth-order valence-corrected chi connectivity index (χ4v) is 4.52. The number of methoxy groups -OCH3 is 1. The summed E-state index contributed by atoms with van der Waals surface area (Å²) in [5.41, 5.74) is 5.69. The number of rotatable bonds is 11. The average Bonchev–Trinajstić information content (AvgIpc) is 2.84. The standard InChI is InChI=1S/C28H33F2N3O/c1-34-15-13-32-27-10-4-22(5-11-27)19-31-12-14-33-20-23-6-9-26(30)17-24(23)18-28(33)16-21-2-7-25(29)8-3-21/h2-11,17,28,31-32H,12-16,18-20H2,1H3. The second-order valence-electron chi connectivity index (χ2n) is 8.87. The highest BCUT2D eigenvalue weighted by molar-refractivity contribution is 5.44. The molecule has 0 spiro atoms. The van der Waals surface area contributed by atoms with Gasteiger partial charge in [-0.05, 0) is 71.5 Å². The van der Waals surface area contributed by atoms with Gasteiger partial charge in [-0.3, -0.25) is 4.90 Å². The van der Waals surface area contributed by atoms with Gasteiger partial charge < -0.3 is 15.4 Å². The van der Waals surface area contributed by atoms with Gasteiger partial charge in [-0.25, -0.2) is 8.78 Å². The van der Waals surface area contributed by atoms with Crippen LogP contribution in [0.5, 0.6) is 0 Å². The third-order valence-electron chi connectivity index (χ3n) is 6.39. The largest absolute Gasteiger partial charge is 0.383 e. The molecule has 0 saturated carbocycles. The molecule has 1 unspecified atom stereocenters. The van der Waals surface area contributed by atoms with Gasteiger partial charge in [0.15, 0.2) is 0 Å². The summed E-state index contributed by atoms with van der Waals surface area (Å²) in [5, 5.41) is 6.88. The number of benzene rings is 3. The monoisotopic (exact) mass is 465 g/mol. The van der Waals surface area contributed by atoms with Gasteiger partial charge in [0.1, 0.15) is 11.6 Å². The van der Waals surface area contributed by atoms with Crippen LogP contribution in [0.2, 0.25) is 0 Å². The molecule has 0 saturated heterocycles. The molecule has 34 heavy (non-hydrogen) atoms. The van der Waals surface area contributed by atoms with E-state index in [1.165, 1.54) is 23.3 Å². The van der Waals surface area contributed by atoms with Crippen molar-refractivity contribution >= 4 is 5.69 Å². The van der Waals surface area contributed by atoms with Crippen molar-refractivity contribution in [2.75, 3.05) is 38.7 Å². The van der Waals surface area contributed by atoms with Crippen LogP contribution in [-0.2, 0) is 30.7 Å². The van der Waals surface area contributed by atoms with Crippen LogP contribution < -0.4 is 10.6 Å². The number of anilines is 1. The summed E-state index contributed by atoms with van der Waals surface area (Å²) in [6, 6.07) is 20.5. The smallest absolute Gasteiger partial charge is 0.123 e. The van der Waals surface area contributed by atoms with E-state index >= 15 is 0 Å². The highest BCUT2D eigenvalue weighted by Crippen LogP contribution is 2.26. The summed E-state index contributed by atoms with van der Waals surface area (Å²) in [6.45, 7) is 4.81.